The van der Waals surface area contributed by atoms with E-state index in [1.807, 2.05) is 42.6 Å². The average molecular weight is 373 g/mol. The zero-order valence-electron chi connectivity index (χ0n) is 21.5. The molecule has 3 heterocycles. The van der Waals surface area contributed by atoms with Crippen molar-refractivity contribution in [2.45, 2.75) is 46.0 Å². The number of rotatable bonds is 3. The predicted molar refractivity (Wildman–Crippen MR) is 116 cm³/mol. The Morgan fingerprint density at radius 1 is 0.929 bits per heavy atom. The minimum Gasteiger partial charge on any atom is -0.303 e. The molecule has 0 N–H and O–H groups in total. The minimum atomic E-state index is -2.54. The fraction of sp³-hybridized carbons (Fsp3) is 0.269. The van der Waals surface area contributed by atoms with Gasteiger partial charge in [-0.25, -0.2) is 0 Å². The van der Waals surface area contributed by atoms with Crippen molar-refractivity contribution < 1.29 is 11.4 Å². The summed E-state index contributed by atoms with van der Waals surface area (Å²) in [6.07, 6.45) is 2.05. The summed E-state index contributed by atoms with van der Waals surface area (Å²) in [7, 11) is 0. The first-order valence-electron chi connectivity index (χ1n) is 12.2. The lowest BCUT2D eigenvalue weighted by Gasteiger charge is -2.22. The molecule has 0 bridgehead atoms. The van der Waals surface area contributed by atoms with E-state index in [-0.39, 0.29) is 0 Å². The highest BCUT2D eigenvalue weighted by molar-refractivity contribution is 5.94. The van der Waals surface area contributed by atoms with Gasteiger partial charge in [-0.1, -0.05) is 64.0 Å². The fourth-order valence-corrected chi connectivity index (χ4v) is 4.46. The first-order chi connectivity index (χ1) is 15.4. The van der Waals surface area contributed by atoms with Gasteiger partial charge in [0.2, 0.25) is 5.69 Å². The molecule has 1 atom stereocenters. The summed E-state index contributed by atoms with van der Waals surface area (Å²) in [5, 5.41) is 1.10. The lowest BCUT2D eigenvalue weighted by atomic mass is 9.92. The van der Waals surface area contributed by atoms with Crippen LogP contribution in [-0.2, 0) is 6.54 Å². The SMILES string of the molecule is [2H]C(C)(C)c1cccc(C([2H])(C)C([2H])([2H])[2H])c1-n1c2c(c3ccccc31)C[n+]1ccccc1-2. The van der Waals surface area contributed by atoms with Gasteiger partial charge in [-0.15, -0.1) is 0 Å². The van der Waals surface area contributed by atoms with E-state index in [0.717, 1.165) is 28.8 Å². The molecule has 140 valence electrons. The number of para-hydroxylation sites is 2. The Bertz CT molecular complexity index is 1390. The van der Waals surface area contributed by atoms with Crippen LogP contribution in [0.15, 0.2) is 66.9 Å². The van der Waals surface area contributed by atoms with Gasteiger partial charge in [0, 0.05) is 24.4 Å². The molecule has 2 aromatic carbocycles. The van der Waals surface area contributed by atoms with Crippen LogP contribution in [0.1, 0.15) is 63.0 Å². The van der Waals surface area contributed by atoms with Crippen molar-refractivity contribution in [3.63, 3.8) is 0 Å². The van der Waals surface area contributed by atoms with Gasteiger partial charge in [-0.3, -0.25) is 0 Å². The maximum absolute atomic E-state index is 8.97. The summed E-state index contributed by atoms with van der Waals surface area (Å²) in [5.41, 5.74) is 5.88. The third-order valence-electron chi connectivity index (χ3n) is 5.69. The number of fused-ring (bicyclic) bond motifs is 5. The second kappa shape index (κ2) is 6.34. The molecule has 5 rings (SSSR count). The van der Waals surface area contributed by atoms with Crippen LogP contribution < -0.4 is 4.57 Å². The molecule has 0 spiro atoms. The standard InChI is InChI=1S/C26H27N2/c1-17(2)19-11-9-12-20(18(3)4)25(19)28-23-13-6-5-10-21(23)22-16-27-15-8-7-14-24(27)26(22)28/h5-15,17-18H,16H2,1-4H3/q+1/i1D3,17D,18D. The molecule has 0 fully saturated rings. The van der Waals surface area contributed by atoms with E-state index >= 15 is 0 Å². The van der Waals surface area contributed by atoms with Gasteiger partial charge < -0.3 is 4.57 Å². The number of nitrogens with zero attached hydrogens (tertiary/aromatic N) is 2. The van der Waals surface area contributed by atoms with Crippen molar-refractivity contribution in [3.8, 4) is 17.1 Å². The largest absolute Gasteiger partial charge is 0.303 e. The van der Waals surface area contributed by atoms with Crippen LogP contribution in [0.2, 0.25) is 0 Å². The van der Waals surface area contributed by atoms with Gasteiger partial charge in [0.05, 0.1) is 16.8 Å². The van der Waals surface area contributed by atoms with Gasteiger partial charge in [0.15, 0.2) is 12.7 Å². The Balaban J connectivity index is 1.98. The second-order valence-corrected chi connectivity index (χ2v) is 7.72. The molecule has 4 aromatic rings. The molecule has 0 amide bonds. The third-order valence-corrected chi connectivity index (χ3v) is 5.69. The van der Waals surface area contributed by atoms with E-state index in [2.05, 4.69) is 21.3 Å². The van der Waals surface area contributed by atoms with Crippen LogP contribution >= 0.6 is 0 Å². The molecular weight excluding hydrogens is 340 g/mol. The molecule has 1 aliphatic rings. The van der Waals surface area contributed by atoms with E-state index in [1.54, 1.807) is 26.0 Å². The van der Waals surface area contributed by atoms with E-state index in [1.165, 1.54) is 12.5 Å². The zero-order valence-corrected chi connectivity index (χ0v) is 16.5. The highest BCUT2D eigenvalue weighted by atomic mass is 15.1. The Kier molecular flexibility index (Phi) is 2.84. The molecular formula is C26H27N2+. The molecule has 1 aliphatic heterocycles. The molecule has 2 nitrogen and oxygen atoms in total. The predicted octanol–water partition coefficient (Wildman–Crippen LogP) is 6.19. The first kappa shape index (κ1) is 12.6. The van der Waals surface area contributed by atoms with E-state index in [4.69, 9.17) is 6.85 Å². The summed E-state index contributed by atoms with van der Waals surface area (Å²) in [6.45, 7) is 3.25. The number of aromatic nitrogens is 2. The van der Waals surface area contributed by atoms with Gasteiger partial charge in [0.25, 0.3) is 0 Å². The topological polar surface area (TPSA) is 8.81 Å². The second-order valence-electron chi connectivity index (χ2n) is 7.72. The average Bonchev–Trinajstić information content (AvgIpc) is 3.26. The van der Waals surface area contributed by atoms with Gasteiger partial charge >= 0.3 is 0 Å². The lowest BCUT2D eigenvalue weighted by Crippen LogP contribution is -2.31. The van der Waals surface area contributed by atoms with Crippen molar-refractivity contribution in [2.24, 2.45) is 0 Å². The van der Waals surface area contributed by atoms with Crippen LogP contribution in [0, 0.1) is 0 Å². The molecule has 2 heteroatoms. The maximum atomic E-state index is 8.97. The van der Waals surface area contributed by atoms with Gasteiger partial charge in [-0.2, -0.15) is 4.57 Å². The summed E-state index contributed by atoms with van der Waals surface area (Å²) in [4.78, 5) is 0. The molecule has 0 radical (unpaired) electrons. The van der Waals surface area contributed by atoms with Crippen molar-refractivity contribution >= 4 is 10.9 Å². The van der Waals surface area contributed by atoms with Crippen molar-refractivity contribution in [2.75, 3.05) is 0 Å². The zero-order chi connectivity index (χ0) is 23.8. The van der Waals surface area contributed by atoms with Crippen LogP contribution in [0.3, 0.4) is 0 Å². The molecule has 2 aromatic heterocycles. The Morgan fingerprint density at radius 3 is 2.46 bits per heavy atom. The Hall–Kier alpha value is -2.87. The number of benzene rings is 2. The molecule has 28 heavy (non-hydrogen) atoms. The normalized spacial score (nSPS) is 18.3. The van der Waals surface area contributed by atoms with Gasteiger partial charge in [0.1, 0.15) is 5.69 Å². The minimum absolute atomic E-state index is 0.401. The summed E-state index contributed by atoms with van der Waals surface area (Å²) >= 11 is 0. The monoisotopic (exact) mass is 372 g/mol. The van der Waals surface area contributed by atoms with Crippen molar-refractivity contribution in [3.05, 3.63) is 83.6 Å². The molecule has 1 unspecified atom stereocenters. The van der Waals surface area contributed by atoms with Crippen LogP contribution in [0.4, 0.5) is 0 Å². The number of pyridine rings is 1. The molecule has 0 saturated heterocycles. The first-order valence-corrected chi connectivity index (χ1v) is 9.68. The van der Waals surface area contributed by atoms with E-state index in [9.17, 15) is 0 Å². The van der Waals surface area contributed by atoms with E-state index < -0.39 is 18.6 Å². The molecule has 0 saturated carbocycles. The van der Waals surface area contributed by atoms with Crippen molar-refractivity contribution in [1.82, 2.24) is 4.57 Å². The Labute approximate surface area is 174 Å². The van der Waals surface area contributed by atoms with E-state index in [0.29, 0.717) is 16.8 Å². The number of hydrogen-bond acceptors (Lipinski definition) is 0. The van der Waals surface area contributed by atoms with Crippen LogP contribution in [-0.4, -0.2) is 4.57 Å². The highest BCUT2D eigenvalue weighted by Gasteiger charge is 2.34. The fourth-order valence-electron chi connectivity index (χ4n) is 4.46. The quantitative estimate of drug-likeness (QED) is 0.334. The summed E-state index contributed by atoms with van der Waals surface area (Å²) in [6, 6.07) is 19.6. The smallest absolute Gasteiger partial charge is 0.230 e. The lowest BCUT2D eigenvalue weighted by molar-refractivity contribution is -0.672. The summed E-state index contributed by atoms with van der Waals surface area (Å²) < 4.78 is 46.6. The van der Waals surface area contributed by atoms with Crippen LogP contribution in [0.5, 0.6) is 0 Å². The van der Waals surface area contributed by atoms with Gasteiger partial charge in [-0.05, 0) is 35.0 Å². The third kappa shape index (κ3) is 2.37. The molecule has 0 aliphatic carbocycles. The summed E-state index contributed by atoms with van der Waals surface area (Å²) in [5.74, 6) is -2.85. The van der Waals surface area contributed by atoms with Crippen molar-refractivity contribution in [1.29, 1.82) is 0 Å². The highest BCUT2D eigenvalue weighted by Crippen LogP contribution is 2.42. The van der Waals surface area contributed by atoms with Crippen LogP contribution in [0.25, 0.3) is 28.0 Å². The maximum Gasteiger partial charge on any atom is 0.230 e. The Morgan fingerprint density at radius 2 is 1.68 bits per heavy atom. The number of hydrogen-bond donors (Lipinski definition) is 0.